The molecule has 1 fully saturated rings. The molecule has 0 atom stereocenters. The summed E-state index contributed by atoms with van der Waals surface area (Å²) >= 11 is -1.97. The molecule has 1 heterocycles. The standard InChI is InChI=1S/C8H13O2.C4H6.In/c9-7-10-6-8-4-2-1-3-5-8;1-3-4-2;/h8H,1-6H2;1,3H,2,4H2;. The second-order valence-electron chi connectivity index (χ2n) is 4.75. The molecule has 2 nitrogen and oxygen atoms in total. The maximum absolute atomic E-state index is 11.7. The Hall–Kier alpha value is 0.0801. The van der Waals surface area contributed by atoms with E-state index in [2.05, 4.69) is 9.91 Å². The Bertz CT molecular complexity index is 244. The zero-order valence-electron chi connectivity index (χ0n) is 9.28. The van der Waals surface area contributed by atoms with Gasteiger partial charge in [0.05, 0.1) is 0 Å². The Morgan fingerprint density at radius 2 is 2.13 bits per heavy atom. The molecule has 0 aromatic carbocycles. The fraction of sp³-hybridized carbons (Fsp3) is 0.750. The Morgan fingerprint density at radius 3 is 2.80 bits per heavy atom. The number of allylic oxidation sites excluding steroid dienone is 1. The van der Waals surface area contributed by atoms with Gasteiger partial charge in [0.15, 0.2) is 0 Å². The molecule has 2 rings (SSSR count). The summed E-state index contributed by atoms with van der Waals surface area (Å²) in [5.41, 5.74) is 0. The van der Waals surface area contributed by atoms with Crippen LogP contribution in [0.25, 0.3) is 0 Å². The summed E-state index contributed by atoms with van der Waals surface area (Å²) in [6.45, 7) is 0.708. The summed E-state index contributed by atoms with van der Waals surface area (Å²) in [6.07, 6.45) is 9.85. The summed E-state index contributed by atoms with van der Waals surface area (Å²) in [6, 6.07) is 0. The molecule has 0 aromatic rings. The fourth-order valence-corrected chi connectivity index (χ4v) is 8.11. The van der Waals surface area contributed by atoms with Gasteiger partial charge >= 0.3 is 99.8 Å². The molecule has 1 saturated carbocycles. The zero-order valence-corrected chi connectivity index (χ0v) is 12.6. The molecule has 0 radical (unpaired) electrons. The first-order chi connectivity index (χ1) is 7.36. The Labute approximate surface area is 99.6 Å². The van der Waals surface area contributed by atoms with Gasteiger partial charge in [-0.05, 0) is 0 Å². The van der Waals surface area contributed by atoms with Crippen LogP contribution in [0.2, 0.25) is 4.18 Å². The van der Waals surface area contributed by atoms with E-state index in [1.54, 1.807) is 0 Å². The monoisotopic (exact) mass is 310 g/mol. The molecule has 0 bridgehead atoms. The Morgan fingerprint density at radius 1 is 1.33 bits per heavy atom. The van der Waals surface area contributed by atoms with E-state index in [-0.39, 0.29) is 3.73 Å². The SMILES string of the molecule is O=[C](OCC1CCCCC1)[In]1[CH]=CC[CH2]1. The second kappa shape index (κ2) is 5.97. The summed E-state index contributed by atoms with van der Waals surface area (Å²) in [5, 5.41) is 0. The van der Waals surface area contributed by atoms with Crippen LogP contribution in [-0.2, 0) is 4.74 Å². The van der Waals surface area contributed by atoms with E-state index < -0.39 is 21.4 Å². The van der Waals surface area contributed by atoms with Gasteiger partial charge in [0.25, 0.3) is 0 Å². The van der Waals surface area contributed by atoms with Gasteiger partial charge in [-0.15, -0.1) is 0 Å². The third-order valence-corrected chi connectivity index (χ3v) is 10.5. The average Bonchev–Trinajstić information content (AvgIpc) is 2.81. The van der Waals surface area contributed by atoms with Gasteiger partial charge in [0.1, 0.15) is 0 Å². The first kappa shape index (κ1) is 11.6. The van der Waals surface area contributed by atoms with E-state index in [9.17, 15) is 4.79 Å². The Kier molecular flexibility index (Phi) is 4.61. The molecule has 2 aliphatic rings. The number of carbonyl (C=O) groups is 1. The maximum atomic E-state index is 11.7. The van der Waals surface area contributed by atoms with E-state index in [4.69, 9.17) is 4.74 Å². The van der Waals surface area contributed by atoms with Crippen LogP contribution in [0.5, 0.6) is 0 Å². The number of hydrogen-bond donors (Lipinski definition) is 0. The van der Waals surface area contributed by atoms with Crippen LogP contribution in [0.1, 0.15) is 38.5 Å². The van der Waals surface area contributed by atoms with Crippen LogP contribution < -0.4 is 0 Å². The molecular formula is C12H19InO2. The minimum absolute atomic E-state index is 0.205. The van der Waals surface area contributed by atoms with Crippen LogP contribution in [-0.4, -0.2) is 31.8 Å². The van der Waals surface area contributed by atoms with Crippen molar-refractivity contribution in [3.63, 3.8) is 0 Å². The molecule has 15 heavy (non-hydrogen) atoms. The first-order valence-electron chi connectivity index (χ1n) is 6.19. The normalized spacial score (nSPS) is 22.0. The summed E-state index contributed by atoms with van der Waals surface area (Å²) < 4.78 is 9.03. The van der Waals surface area contributed by atoms with Crippen LogP contribution in [0.15, 0.2) is 9.91 Å². The summed E-state index contributed by atoms with van der Waals surface area (Å²) in [4.78, 5) is 11.7. The fourth-order valence-electron chi connectivity index (χ4n) is 2.49. The molecule has 1 aliphatic heterocycles. The molecule has 0 unspecified atom stereocenters. The van der Waals surface area contributed by atoms with Crippen LogP contribution in [0, 0.1) is 5.92 Å². The van der Waals surface area contributed by atoms with Crippen LogP contribution in [0.3, 0.4) is 0 Å². The number of hydrogen-bond acceptors (Lipinski definition) is 2. The van der Waals surface area contributed by atoms with E-state index in [1.807, 2.05) is 0 Å². The predicted molar refractivity (Wildman–Crippen MR) is 62.2 cm³/mol. The van der Waals surface area contributed by atoms with Crippen molar-refractivity contribution in [3.05, 3.63) is 9.91 Å². The molecule has 0 spiro atoms. The van der Waals surface area contributed by atoms with Crippen molar-refractivity contribution >= 4 is 25.2 Å². The first-order valence-corrected chi connectivity index (χ1v) is 12.1. The minimum atomic E-state index is -1.97. The van der Waals surface area contributed by atoms with Crippen LogP contribution >= 0.6 is 0 Å². The molecule has 0 aromatic heterocycles. The van der Waals surface area contributed by atoms with Crippen LogP contribution in [0.4, 0.5) is 4.79 Å². The molecule has 82 valence electrons. The Balaban J connectivity index is 1.67. The molecule has 0 N–H and O–H groups in total. The van der Waals surface area contributed by atoms with Gasteiger partial charge < -0.3 is 0 Å². The predicted octanol–water partition coefficient (Wildman–Crippen LogP) is 3.28. The van der Waals surface area contributed by atoms with Crippen molar-refractivity contribution in [2.75, 3.05) is 6.61 Å². The quantitative estimate of drug-likeness (QED) is 0.800. The van der Waals surface area contributed by atoms with E-state index in [0.29, 0.717) is 12.5 Å². The second-order valence-corrected chi connectivity index (χ2v) is 12.3. The number of rotatable bonds is 3. The van der Waals surface area contributed by atoms with E-state index >= 15 is 0 Å². The third kappa shape index (κ3) is 3.54. The summed E-state index contributed by atoms with van der Waals surface area (Å²) in [7, 11) is 0. The van der Waals surface area contributed by atoms with Crippen molar-refractivity contribution in [2.45, 2.75) is 42.7 Å². The van der Waals surface area contributed by atoms with Gasteiger partial charge in [-0.2, -0.15) is 0 Å². The number of ether oxygens (including phenoxy) is 1. The van der Waals surface area contributed by atoms with Crippen molar-refractivity contribution in [1.29, 1.82) is 0 Å². The van der Waals surface area contributed by atoms with E-state index in [1.165, 1.54) is 32.1 Å². The van der Waals surface area contributed by atoms with Gasteiger partial charge in [-0.1, -0.05) is 0 Å². The van der Waals surface area contributed by atoms with Gasteiger partial charge in [0, 0.05) is 0 Å². The zero-order chi connectivity index (χ0) is 10.5. The topological polar surface area (TPSA) is 26.3 Å². The van der Waals surface area contributed by atoms with E-state index in [0.717, 1.165) is 10.6 Å². The average molecular weight is 310 g/mol. The van der Waals surface area contributed by atoms with Gasteiger partial charge in [0.2, 0.25) is 0 Å². The number of carbonyl (C=O) groups excluding carboxylic acids is 1. The molecular weight excluding hydrogens is 291 g/mol. The van der Waals surface area contributed by atoms with Gasteiger partial charge in [-0.3, -0.25) is 0 Å². The van der Waals surface area contributed by atoms with Crippen molar-refractivity contribution < 1.29 is 9.53 Å². The molecule has 0 amide bonds. The van der Waals surface area contributed by atoms with Crippen molar-refractivity contribution in [2.24, 2.45) is 5.92 Å². The van der Waals surface area contributed by atoms with Crippen molar-refractivity contribution in [1.82, 2.24) is 0 Å². The third-order valence-electron chi connectivity index (χ3n) is 3.50. The summed E-state index contributed by atoms with van der Waals surface area (Å²) in [5.74, 6) is 0.666. The van der Waals surface area contributed by atoms with Crippen molar-refractivity contribution in [3.8, 4) is 0 Å². The van der Waals surface area contributed by atoms with Gasteiger partial charge in [-0.25, -0.2) is 0 Å². The molecule has 1 aliphatic carbocycles. The molecule has 3 heteroatoms. The molecule has 0 saturated heterocycles.